The van der Waals surface area contributed by atoms with Crippen molar-refractivity contribution in [3.8, 4) is 11.5 Å². The van der Waals surface area contributed by atoms with E-state index in [1.54, 1.807) is 54.6 Å². The van der Waals surface area contributed by atoms with Gasteiger partial charge in [-0.2, -0.15) is 0 Å². The van der Waals surface area contributed by atoms with Crippen LogP contribution in [-0.2, 0) is 15.3 Å². The number of benzene rings is 3. The maximum Gasteiger partial charge on any atom is 0.301 e. The number of carbonyl (C=O) groups excluding carboxylic acids is 2. The number of amides is 1. The molecule has 12 heteroatoms. The predicted octanol–water partition coefficient (Wildman–Crippen LogP) is 6.66. The van der Waals surface area contributed by atoms with E-state index in [0.29, 0.717) is 44.3 Å². The standard InChI is InChI=1S/C29H23ClFN3O5S2/c1-3-39-21-13-8-18(14-22(21)38-2)24-23(25(35)17-6-9-19(30)10-7-17)26(36)27(37)34(24)28-32-33-29(41-28)40-15-16-4-11-20(31)12-5-16/h4-14,24,35H,3,15H2,1-2H3/b25-23-. The van der Waals surface area contributed by atoms with E-state index in [0.717, 1.165) is 16.9 Å². The monoisotopic (exact) mass is 611 g/mol. The van der Waals surface area contributed by atoms with Gasteiger partial charge in [-0.3, -0.25) is 14.5 Å². The molecular weight excluding hydrogens is 589 g/mol. The van der Waals surface area contributed by atoms with E-state index in [9.17, 15) is 19.1 Å². The molecule has 0 aliphatic carbocycles. The van der Waals surface area contributed by atoms with Crippen molar-refractivity contribution in [1.82, 2.24) is 10.2 Å². The highest BCUT2D eigenvalue weighted by molar-refractivity contribution is 8.00. The van der Waals surface area contributed by atoms with E-state index in [2.05, 4.69) is 10.2 Å². The number of rotatable bonds is 9. The zero-order valence-electron chi connectivity index (χ0n) is 21.8. The number of methoxy groups -OCH3 is 1. The molecule has 0 bridgehead atoms. The molecule has 0 saturated carbocycles. The van der Waals surface area contributed by atoms with Gasteiger partial charge >= 0.3 is 5.91 Å². The van der Waals surface area contributed by atoms with E-state index in [4.69, 9.17) is 21.1 Å². The van der Waals surface area contributed by atoms with Gasteiger partial charge in [-0.15, -0.1) is 10.2 Å². The minimum Gasteiger partial charge on any atom is -0.507 e. The van der Waals surface area contributed by atoms with Crippen LogP contribution in [0.1, 0.15) is 29.7 Å². The highest BCUT2D eigenvalue weighted by atomic mass is 35.5. The van der Waals surface area contributed by atoms with Gasteiger partial charge in [0.1, 0.15) is 11.6 Å². The molecule has 3 aromatic carbocycles. The van der Waals surface area contributed by atoms with Crippen LogP contribution in [-0.4, -0.2) is 40.7 Å². The number of ether oxygens (including phenoxy) is 2. The zero-order chi connectivity index (χ0) is 29.1. The lowest BCUT2D eigenvalue weighted by atomic mass is 9.95. The third-order valence-corrected chi connectivity index (χ3v) is 8.62. The van der Waals surface area contributed by atoms with Gasteiger partial charge in [-0.25, -0.2) is 4.39 Å². The summed E-state index contributed by atoms with van der Waals surface area (Å²) in [5.41, 5.74) is 1.59. The molecule has 2 heterocycles. The Kier molecular flexibility index (Phi) is 8.57. The van der Waals surface area contributed by atoms with Crippen LogP contribution in [0.4, 0.5) is 9.52 Å². The molecule has 1 amide bonds. The van der Waals surface area contributed by atoms with E-state index in [1.807, 2.05) is 6.92 Å². The number of hydrogen-bond acceptors (Lipinski definition) is 9. The van der Waals surface area contributed by atoms with Gasteiger partial charge in [0.25, 0.3) is 5.78 Å². The maximum atomic E-state index is 13.5. The number of thioether (sulfide) groups is 1. The lowest BCUT2D eigenvalue weighted by Gasteiger charge is -2.23. The van der Waals surface area contributed by atoms with Crippen LogP contribution in [0.15, 0.2) is 76.6 Å². The van der Waals surface area contributed by atoms with Gasteiger partial charge < -0.3 is 14.6 Å². The SMILES string of the molecule is CCOc1ccc(C2/C(=C(/O)c3ccc(Cl)cc3)C(=O)C(=O)N2c2nnc(SCc3ccc(F)cc3)s2)cc1OC. The molecular formula is C29H23ClFN3O5S2. The van der Waals surface area contributed by atoms with Gasteiger partial charge in [0.2, 0.25) is 5.13 Å². The number of anilines is 1. The molecule has 5 rings (SSSR count). The highest BCUT2D eigenvalue weighted by Crippen LogP contribution is 2.45. The summed E-state index contributed by atoms with van der Waals surface area (Å²) in [6.07, 6.45) is 0. The van der Waals surface area contributed by atoms with Gasteiger partial charge in [-0.05, 0) is 66.6 Å². The Bertz CT molecular complexity index is 1630. The average Bonchev–Trinajstić information content (AvgIpc) is 3.55. The highest BCUT2D eigenvalue weighted by Gasteiger charge is 2.48. The van der Waals surface area contributed by atoms with E-state index < -0.39 is 17.7 Å². The molecule has 210 valence electrons. The summed E-state index contributed by atoms with van der Waals surface area (Å²) >= 11 is 8.52. The Balaban J connectivity index is 1.57. The lowest BCUT2D eigenvalue weighted by molar-refractivity contribution is -0.132. The Hall–Kier alpha value is -3.93. The number of carbonyl (C=O) groups is 2. The zero-order valence-corrected chi connectivity index (χ0v) is 24.2. The van der Waals surface area contributed by atoms with E-state index in [-0.39, 0.29) is 22.3 Å². The van der Waals surface area contributed by atoms with Crippen molar-refractivity contribution in [2.75, 3.05) is 18.6 Å². The molecule has 1 N–H and O–H groups in total. The molecule has 0 spiro atoms. The first-order chi connectivity index (χ1) is 19.8. The van der Waals surface area contributed by atoms with Crippen molar-refractivity contribution in [3.63, 3.8) is 0 Å². The fourth-order valence-corrected chi connectivity index (χ4v) is 6.27. The predicted molar refractivity (Wildman–Crippen MR) is 156 cm³/mol. The van der Waals surface area contributed by atoms with Crippen molar-refractivity contribution in [2.24, 2.45) is 0 Å². The summed E-state index contributed by atoms with van der Waals surface area (Å²) in [6.45, 7) is 2.25. The molecule has 41 heavy (non-hydrogen) atoms. The summed E-state index contributed by atoms with van der Waals surface area (Å²) in [4.78, 5) is 28.2. The largest absolute Gasteiger partial charge is 0.507 e. The second-order valence-corrected chi connectivity index (χ2v) is 11.4. The first-order valence-corrected chi connectivity index (χ1v) is 14.6. The first kappa shape index (κ1) is 28.6. The van der Waals surface area contributed by atoms with Gasteiger partial charge in [0, 0.05) is 16.3 Å². The fraction of sp³-hybridized carbons (Fsp3) is 0.172. The van der Waals surface area contributed by atoms with Crippen molar-refractivity contribution in [1.29, 1.82) is 0 Å². The van der Waals surface area contributed by atoms with Gasteiger partial charge in [0.05, 0.1) is 25.3 Å². The normalized spacial score (nSPS) is 16.3. The smallest absolute Gasteiger partial charge is 0.301 e. The van der Waals surface area contributed by atoms with Crippen molar-refractivity contribution in [3.05, 3.63) is 99.8 Å². The number of hydrogen-bond donors (Lipinski definition) is 1. The van der Waals surface area contributed by atoms with Gasteiger partial charge in [0.15, 0.2) is 15.8 Å². The number of aliphatic hydroxyl groups excluding tert-OH is 1. The molecule has 1 saturated heterocycles. The summed E-state index contributed by atoms with van der Waals surface area (Å²) in [5.74, 6) is -1.01. The van der Waals surface area contributed by atoms with Crippen molar-refractivity contribution < 1.29 is 28.6 Å². The van der Waals surface area contributed by atoms with Crippen LogP contribution in [0.25, 0.3) is 5.76 Å². The van der Waals surface area contributed by atoms with Crippen LogP contribution >= 0.6 is 34.7 Å². The average molecular weight is 612 g/mol. The van der Waals surface area contributed by atoms with Crippen LogP contribution in [0.3, 0.4) is 0 Å². The molecule has 1 fully saturated rings. The second-order valence-electron chi connectivity index (χ2n) is 8.78. The summed E-state index contributed by atoms with van der Waals surface area (Å²) in [6, 6.07) is 16.4. The number of aromatic nitrogens is 2. The van der Waals surface area contributed by atoms with E-state index in [1.165, 1.54) is 35.9 Å². The molecule has 1 unspecified atom stereocenters. The minimum atomic E-state index is -1.03. The molecule has 0 radical (unpaired) electrons. The third kappa shape index (κ3) is 5.92. The Labute approximate surface area is 248 Å². The number of halogens is 2. The number of nitrogens with zero attached hydrogens (tertiary/aromatic N) is 3. The van der Waals surface area contributed by atoms with Crippen LogP contribution in [0.2, 0.25) is 5.02 Å². The van der Waals surface area contributed by atoms with Crippen LogP contribution in [0, 0.1) is 5.82 Å². The molecule has 1 atom stereocenters. The number of ketones is 1. The molecule has 4 aromatic rings. The van der Waals surface area contributed by atoms with Crippen molar-refractivity contribution >= 4 is 57.3 Å². The quantitative estimate of drug-likeness (QED) is 0.0737. The van der Waals surface area contributed by atoms with Crippen molar-refractivity contribution in [2.45, 2.75) is 23.1 Å². The molecule has 8 nitrogen and oxygen atoms in total. The van der Waals surface area contributed by atoms with E-state index >= 15 is 0 Å². The third-order valence-electron chi connectivity index (χ3n) is 6.24. The Morgan fingerprint density at radius 2 is 1.80 bits per heavy atom. The first-order valence-electron chi connectivity index (χ1n) is 12.4. The fourth-order valence-electron chi connectivity index (χ4n) is 4.32. The van der Waals surface area contributed by atoms with Gasteiger partial charge in [-0.1, -0.05) is 52.9 Å². The van der Waals surface area contributed by atoms with Crippen LogP contribution < -0.4 is 14.4 Å². The number of Topliss-reactive ketones (excluding diaryl/α,β-unsaturated/α-hetero) is 1. The minimum absolute atomic E-state index is 0.112. The Morgan fingerprint density at radius 3 is 2.49 bits per heavy atom. The second kappa shape index (κ2) is 12.3. The molecule has 1 aliphatic rings. The maximum absolute atomic E-state index is 13.5. The molecule has 1 aliphatic heterocycles. The summed E-state index contributed by atoms with van der Waals surface area (Å²) in [7, 11) is 1.49. The summed E-state index contributed by atoms with van der Waals surface area (Å²) in [5, 5.41) is 20.4. The van der Waals surface area contributed by atoms with Crippen LogP contribution in [0.5, 0.6) is 11.5 Å². The summed E-state index contributed by atoms with van der Waals surface area (Å²) < 4.78 is 25.0. The lowest BCUT2D eigenvalue weighted by Crippen LogP contribution is -2.29. The topological polar surface area (TPSA) is 102 Å². The molecule has 1 aromatic heterocycles. The Morgan fingerprint density at radius 1 is 1.07 bits per heavy atom. The number of aliphatic hydroxyl groups is 1.